The molecule has 1 aromatic carbocycles. The van der Waals surface area contributed by atoms with Crippen LogP contribution in [0.1, 0.15) is 60.1 Å². The van der Waals surface area contributed by atoms with E-state index in [1.54, 1.807) is 0 Å². The van der Waals surface area contributed by atoms with E-state index in [4.69, 9.17) is 33.2 Å². The second-order valence-electron chi connectivity index (χ2n) is 8.02. The number of carbonyl (C=O) groups excluding carboxylic acids is 7. The van der Waals surface area contributed by atoms with Crippen LogP contribution in [-0.4, -0.2) is 66.7 Å². The van der Waals surface area contributed by atoms with Gasteiger partial charge in [-0.1, -0.05) is 0 Å². The van der Waals surface area contributed by atoms with E-state index >= 15 is 0 Å². The van der Waals surface area contributed by atoms with Gasteiger partial charge < -0.3 is 33.2 Å². The van der Waals surface area contributed by atoms with Gasteiger partial charge in [0.25, 0.3) is 0 Å². The Hall–Kier alpha value is -4.49. The number of rotatable bonds is 12. The number of ether oxygens (including phenoxy) is 7. The number of carbonyl (C=O) groups is 7. The average molecular weight is 555 g/mol. The third-order valence-corrected chi connectivity index (χ3v) is 4.46. The third-order valence-electron chi connectivity index (χ3n) is 4.46. The molecule has 0 bridgehead atoms. The van der Waals surface area contributed by atoms with Crippen LogP contribution in [-0.2, 0) is 57.2 Å². The molecule has 39 heavy (non-hydrogen) atoms. The van der Waals surface area contributed by atoms with Crippen LogP contribution in [0.3, 0.4) is 0 Å². The highest BCUT2D eigenvalue weighted by molar-refractivity contribution is 5.73. The number of esters is 7. The fraction of sp³-hybridized carbons (Fsp3) is 0.480. The smallest absolute Gasteiger partial charge is 0.308 e. The summed E-state index contributed by atoms with van der Waals surface area (Å²) in [6.45, 7) is 6.72. The van der Waals surface area contributed by atoms with Gasteiger partial charge in [0.2, 0.25) is 0 Å². The van der Waals surface area contributed by atoms with Crippen LogP contribution >= 0.6 is 0 Å². The van der Waals surface area contributed by atoms with E-state index in [-0.39, 0.29) is 17.1 Å². The second kappa shape index (κ2) is 15.1. The Kier molecular flexibility index (Phi) is 12.6. The minimum absolute atomic E-state index is 0.0442. The molecule has 0 fully saturated rings. The van der Waals surface area contributed by atoms with Crippen molar-refractivity contribution >= 4 is 41.8 Å². The normalized spacial score (nSPS) is 13.4. The maximum atomic E-state index is 12.2. The molecule has 0 aliphatic heterocycles. The quantitative estimate of drug-likeness (QED) is 0.206. The lowest BCUT2D eigenvalue weighted by molar-refractivity contribution is -0.203. The average Bonchev–Trinajstić information content (AvgIpc) is 2.76. The van der Waals surface area contributed by atoms with Crippen molar-refractivity contribution in [3.63, 3.8) is 0 Å². The molecule has 0 heterocycles. The van der Waals surface area contributed by atoms with Gasteiger partial charge in [0.15, 0.2) is 24.4 Å². The third kappa shape index (κ3) is 11.6. The molecule has 14 heteroatoms. The predicted octanol–water partition coefficient (Wildman–Crippen LogP) is 1.50. The Morgan fingerprint density at radius 3 is 1.56 bits per heavy atom. The van der Waals surface area contributed by atoms with Gasteiger partial charge in [-0.2, -0.15) is 0 Å². The maximum Gasteiger partial charge on any atom is 0.308 e. The molecule has 1 unspecified atom stereocenters. The topological polar surface area (TPSA) is 184 Å². The van der Waals surface area contributed by atoms with Crippen molar-refractivity contribution in [3.05, 3.63) is 23.8 Å². The summed E-state index contributed by atoms with van der Waals surface area (Å²) in [5.41, 5.74) is -0.0891. The first kappa shape index (κ1) is 32.5. The van der Waals surface area contributed by atoms with Crippen LogP contribution in [0.2, 0.25) is 0 Å². The van der Waals surface area contributed by atoms with Crippen molar-refractivity contribution in [2.24, 2.45) is 0 Å². The van der Waals surface area contributed by atoms with Crippen molar-refractivity contribution < 1.29 is 66.7 Å². The van der Waals surface area contributed by atoms with E-state index in [1.165, 1.54) is 12.1 Å². The summed E-state index contributed by atoms with van der Waals surface area (Å²) in [7, 11) is 0. The largest absolute Gasteiger partial charge is 0.462 e. The van der Waals surface area contributed by atoms with Gasteiger partial charge in [-0.25, -0.2) is 0 Å². The standard InChI is InChI=1S/C25H30O14/c1-12(26)33-11-22(36-15(4)29)24(38-17(6)31)25(39-18(7)32)23(37-16(5)30)20-9-8-19(34-13(2)27)10-21(20)35-14(3)28/h8-10,22-25H,11H2,1-7H3/t22-,23?,24-,25+/m1/s1. The zero-order valence-corrected chi connectivity index (χ0v) is 22.5. The van der Waals surface area contributed by atoms with Crippen LogP contribution in [0.4, 0.5) is 0 Å². The first-order valence-electron chi connectivity index (χ1n) is 11.4. The van der Waals surface area contributed by atoms with Crippen molar-refractivity contribution in [2.45, 2.75) is 72.9 Å². The van der Waals surface area contributed by atoms with Crippen LogP contribution in [0.25, 0.3) is 0 Å². The maximum absolute atomic E-state index is 12.2. The molecule has 0 spiro atoms. The van der Waals surface area contributed by atoms with Gasteiger partial charge in [-0.05, 0) is 12.1 Å². The Labute approximate surface area is 223 Å². The molecule has 0 saturated heterocycles. The molecular weight excluding hydrogens is 524 g/mol. The van der Waals surface area contributed by atoms with Gasteiger partial charge in [0, 0.05) is 60.1 Å². The molecule has 0 N–H and O–H groups in total. The lowest BCUT2D eigenvalue weighted by Gasteiger charge is -2.35. The fourth-order valence-electron chi connectivity index (χ4n) is 3.36. The van der Waals surface area contributed by atoms with Crippen molar-refractivity contribution in [2.75, 3.05) is 6.61 Å². The molecular formula is C25H30O14. The fourth-order valence-corrected chi connectivity index (χ4v) is 3.36. The SMILES string of the molecule is CC(=O)OC[C@@H](OC(C)=O)[C@@H](OC(C)=O)[C@@H](OC(C)=O)C(OC(C)=O)c1ccc(OC(C)=O)cc1OC(C)=O. The van der Waals surface area contributed by atoms with E-state index < -0.39 is 72.8 Å². The Balaban J connectivity index is 3.89. The number of benzene rings is 1. The second-order valence-corrected chi connectivity index (χ2v) is 8.02. The molecule has 0 aliphatic rings. The summed E-state index contributed by atoms with van der Waals surface area (Å²) in [6.07, 6.45) is -6.66. The van der Waals surface area contributed by atoms with E-state index in [0.717, 1.165) is 54.5 Å². The highest BCUT2D eigenvalue weighted by Crippen LogP contribution is 2.37. The van der Waals surface area contributed by atoms with Gasteiger partial charge in [-0.3, -0.25) is 33.6 Å². The summed E-state index contributed by atoms with van der Waals surface area (Å²) in [5.74, 6) is -6.22. The van der Waals surface area contributed by atoms with Crippen LogP contribution in [0, 0.1) is 0 Å². The van der Waals surface area contributed by atoms with Crippen molar-refractivity contribution in [3.8, 4) is 11.5 Å². The molecule has 0 saturated carbocycles. The molecule has 0 radical (unpaired) electrons. The lowest BCUT2D eigenvalue weighted by Crippen LogP contribution is -2.50. The summed E-state index contributed by atoms with van der Waals surface area (Å²) in [4.78, 5) is 83.0. The van der Waals surface area contributed by atoms with E-state index in [2.05, 4.69) is 0 Å². The lowest BCUT2D eigenvalue weighted by atomic mass is 9.95. The first-order chi connectivity index (χ1) is 18.1. The number of hydrogen-bond acceptors (Lipinski definition) is 14. The highest BCUT2D eigenvalue weighted by atomic mass is 16.6. The molecule has 1 aromatic rings. The molecule has 4 atom stereocenters. The molecule has 214 valence electrons. The van der Waals surface area contributed by atoms with Crippen molar-refractivity contribution in [1.82, 2.24) is 0 Å². The Morgan fingerprint density at radius 2 is 1.10 bits per heavy atom. The number of hydrogen-bond donors (Lipinski definition) is 0. The Morgan fingerprint density at radius 1 is 0.590 bits per heavy atom. The van der Waals surface area contributed by atoms with Crippen molar-refractivity contribution in [1.29, 1.82) is 0 Å². The first-order valence-corrected chi connectivity index (χ1v) is 11.4. The van der Waals surface area contributed by atoms with Crippen LogP contribution in [0.15, 0.2) is 18.2 Å². The van der Waals surface area contributed by atoms with E-state index in [9.17, 15) is 33.6 Å². The zero-order valence-electron chi connectivity index (χ0n) is 22.5. The summed E-state index contributed by atoms with van der Waals surface area (Å²) in [6, 6.07) is 3.66. The molecule has 0 aliphatic carbocycles. The van der Waals surface area contributed by atoms with Crippen LogP contribution < -0.4 is 9.47 Å². The van der Waals surface area contributed by atoms with Gasteiger partial charge >= 0.3 is 41.8 Å². The molecule has 0 amide bonds. The Bertz CT molecular complexity index is 1110. The van der Waals surface area contributed by atoms with Gasteiger partial charge in [-0.15, -0.1) is 0 Å². The van der Waals surface area contributed by atoms with E-state index in [0.29, 0.717) is 0 Å². The summed E-state index contributed by atoms with van der Waals surface area (Å²) in [5, 5.41) is 0. The van der Waals surface area contributed by atoms with Gasteiger partial charge in [0.1, 0.15) is 18.1 Å². The minimum Gasteiger partial charge on any atom is -0.462 e. The molecule has 1 rings (SSSR count). The predicted molar refractivity (Wildman–Crippen MR) is 127 cm³/mol. The monoisotopic (exact) mass is 554 g/mol. The zero-order chi connectivity index (χ0) is 29.9. The summed E-state index contributed by atoms with van der Waals surface area (Å²) >= 11 is 0. The van der Waals surface area contributed by atoms with Crippen LogP contribution in [0.5, 0.6) is 11.5 Å². The minimum atomic E-state index is -1.75. The van der Waals surface area contributed by atoms with E-state index in [1.807, 2.05) is 0 Å². The highest BCUT2D eigenvalue weighted by Gasteiger charge is 2.45. The summed E-state index contributed by atoms with van der Waals surface area (Å²) < 4.78 is 36.6. The van der Waals surface area contributed by atoms with Gasteiger partial charge in [0.05, 0.1) is 0 Å². The molecule has 0 aromatic heterocycles. The molecule has 14 nitrogen and oxygen atoms in total.